The highest BCUT2D eigenvalue weighted by molar-refractivity contribution is 5.79. The van der Waals surface area contributed by atoms with E-state index < -0.39 is 0 Å². The second kappa shape index (κ2) is 5.47. The van der Waals surface area contributed by atoms with Gasteiger partial charge in [0.05, 0.1) is 6.04 Å². The van der Waals surface area contributed by atoms with Crippen LogP contribution in [0.15, 0.2) is 0 Å². The van der Waals surface area contributed by atoms with E-state index in [2.05, 4.69) is 24.1 Å². The van der Waals surface area contributed by atoms with Gasteiger partial charge >= 0.3 is 0 Å². The van der Waals surface area contributed by atoms with Crippen molar-refractivity contribution in [1.82, 2.24) is 10.2 Å². The maximum Gasteiger partial charge on any atom is 0.234 e. The minimum atomic E-state index is -0.270. The van der Waals surface area contributed by atoms with Gasteiger partial charge in [0.25, 0.3) is 0 Å². The maximum atomic E-state index is 10.8. The molecule has 4 nitrogen and oxygen atoms in total. The first-order chi connectivity index (χ1) is 7.00. The van der Waals surface area contributed by atoms with Crippen molar-refractivity contribution in [2.45, 2.75) is 39.3 Å². The van der Waals surface area contributed by atoms with Gasteiger partial charge in [-0.2, -0.15) is 0 Å². The number of carbonyl (C=O) groups is 1. The molecule has 0 aliphatic carbocycles. The Labute approximate surface area is 92.2 Å². The summed E-state index contributed by atoms with van der Waals surface area (Å²) in [5.41, 5.74) is 5.18. The molecule has 0 aromatic rings. The van der Waals surface area contributed by atoms with E-state index in [9.17, 15) is 4.79 Å². The Balaban J connectivity index is 2.22. The van der Waals surface area contributed by atoms with Crippen molar-refractivity contribution in [3.8, 4) is 0 Å². The fourth-order valence-corrected chi connectivity index (χ4v) is 1.94. The van der Waals surface area contributed by atoms with E-state index in [0.29, 0.717) is 12.0 Å². The van der Waals surface area contributed by atoms with E-state index in [4.69, 9.17) is 5.73 Å². The van der Waals surface area contributed by atoms with Crippen LogP contribution in [0.2, 0.25) is 0 Å². The Hall–Kier alpha value is -0.610. The summed E-state index contributed by atoms with van der Waals surface area (Å²) in [4.78, 5) is 13.3. The molecule has 1 heterocycles. The van der Waals surface area contributed by atoms with Crippen LogP contribution in [0.5, 0.6) is 0 Å². The lowest BCUT2D eigenvalue weighted by molar-refractivity contribution is -0.119. The second-order valence-corrected chi connectivity index (χ2v) is 4.78. The fraction of sp³-hybridized carbons (Fsp3) is 0.909. The molecule has 1 amide bonds. The molecule has 0 spiro atoms. The molecular weight excluding hydrogens is 190 g/mol. The number of likely N-dealkylation sites (tertiary alicyclic amines) is 1. The van der Waals surface area contributed by atoms with Gasteiger partial charge in [-0.3, -0.25) is 4.79 Å². The lowest BCUT2D eigenvalue weighted by atomic mass is 10.1. The van der Waals surface area contributed by atoms with Gasteiger partial charge in [0.2, 0.25) is 5.91 Å². The zero-order valence-corrected chi connectivity index (χ0v) is 9.99. The van der Waals surface area contributed by atoms with Gasteiger partial charge in [0.15, 0.2) is 0 Å². The molecule has 88 valence electrons. The first-order valence-corrected chi connectivity index (χ1v) is 5.77. The lowest BCUT2D eigenvalue weighted by Gasteiger charge is -2.20. The minimum Gasteiger partial charge on any atom is -0.368 e. The number of nitrogens with one attached hydrogen (secondary N) is 1. The number of nitrogens with two attached hydrogens (primary N) is 1. The molecule has 3 N–H and O–H groups in total. The van der Waals surface area contributed by atoms with E-state index in [-0.39, 0.29) is 11.9 Å². The molecule has 1 saturated heterocycles. The molecule has 1 rings (SSSR count). The zero-order chi connectivity index (χ0) is 11.4. The van der Waals surface area contributed by atoms with Gasteiger partial charge in [0.1, 0.15) is 0 Å². The first-order valence-electron chi connectivity index (χ1n) is 5.77. The molecule has 4 heteroatoms. The monoisotopic (exact) mass is 213 g/mol. The second-order valence-electron chi connectivity index (χ2n) is 4.78. The molecule has 0 saturated carbocycles. The van der Waals surface area contributed by atoms with E-state index in [1.807, 2.05) is 6.92 Å². The zero-order valence-electron chi connectivity index (χ0n) is 9.99. The topological polar surface area (TPSA) is 58.4 Å². The molecule has 1 aliphatic rings. The SMILES string of the molecule is CC(NCC1CCN(C(C)C)C1)C(N)=O. The Morgan fingerprint density at radius 2 is 2.20 bits per heavy atom. The van der Waals surface area contributed by atoms with Crippen LogP contribution >= 0.6 is 0 Å². The standard InChI is InChI=1S/C11H23N3O/c1-8(2)14-5-4-10(7-14)6-13-9(3)11(12)15/h8-10,13H,4-7H2,1-3H3,(H2,12,15). The summed E-state index contributed by atoms with van der Waals surface area (Å²) in [6.45, 7) is 9.47. The highest BCUT2D eigenvalue weighted by atomic mass is 16.1. The average molecular weight is 213 g/mol. The predicted molar refractivity (Wildman–Crippen MR) is 61.5 cm³/mol. The van der Waals surface area contributed by atoms with E-state index >= 15 is 0 Å². The number of amides is 1. The Bertz CT molecular complexity index is 218. The third kappa shape index (κ3) is 3.80. The number of hydrogen-bond acceptors (Lipinski definition) is 3. The van der Waals surface area contributed by atoms with Crippen molar-refractivity contribution >= 4 is 5.91 Å². The van der Waals surface area contributed by atoms with Crippen molar-refractivity contribution in [2.24, 2.45) is 11.7 Å². The van der Waals surface area contributed by atoms with Crippen molar-refractivity contribution in [2.75, 3.05) is 19.6 Å². The van der Waals surface area contributed by atoms with Crippen LogP contribution in [0.25, 0.3) is 0 Å². The van der Waals surface area contributed by atoms with Gasteiger partial charge in [-0.05, 0) is 46.2 Å². The van der Waals surface area contributed by atoms with Crippen LogP contribution < -0.4 is 11.1 Å². The molecule has 1 fully saturated rings. The molecule has 0 radical (unpaired) electrons. The fourth-order valence-electron chi connectivity index (χ4n) is 1.94. The Kier molecular flexibility index (Phi) is 4.54. The third-order valence-corrected chi connectivity index (χ3v) is 3.19. The molecule has 2 unspecified atom stereocenters. The van der Waals surface area contributed by atoms with Crippen LogP contribution in [0.3, 0.4) is 0 Å². The molecule has 15 heavy (non-hydrogen) atoms. The number of nitrogens with zero attached hydrogens (tertiary/aromatic N) is 1. The predicted octanol–water partition coefficient (Wildman–Crippen LogP) is 0.180. The Morgan fingerprint density at radius 1 is 1.53 bits per heavy atom. The highest BCUT2D eigenvalue weighted by Gasteiger charge is 2.24. The van der Waals surface area contributed by atoms with Crippen molar-refractivity contribution in [3.05, 3.63) is 0 Å². The van der Waals surface area contributed by atoms with E-state index in [0.717, 1.165) is 13.1 Å². The number of carbonyl (C=O) groups excluding carboxylic acids is 1. The highest BCUT2D eigenvalue weighted by Crippen LogP contribution is 2.17. The molecule has 0 aromatic carbocycles. The third-order valence-electron chi connectivity index (χ3n) is 3.19. The van der Waals surface area contributed by atoms with Crippen LogP contribution in [0.4, 0.5) is 0 Å². The normalized spacial score (nSPS) is 24.7. The summed E-state index contributed by atoms with van der Waals surface area (Å²) in [5.74, 6) is 0.392. The van der Waals surface area contributed by atoms with Crippen molar-refractivity contribution in [3.63, 3.8) is 0 Å². The van der Waals surface area contributed by atoms with E-state index in [1.54, 1.807) is 0 Å². The largest absolute Gasteiger partial charge is 0.368 e. The summed E-state index contributed by atoms with van der Waals surface area (Å²) < 4.78 is 0. The summed E-state index contributed by atoms with van der Waals surface area (Å²) in [6.07, 6.45) is 1.22. The lowest BCUT2D eigenvalue weighted by Crippen LogP contribution is -2.41. The smallest absolute Gasteiger partial charge is 0.234 e. The average Bonchev–Trinajstić information content (AvgIpc) is 2.62. The summed E-state index contributed by atoms with van der Waals surface area (Å²) in [7, 11) is 0. The van der Waals surface area contributed by atoms with Crippen molar-refractivity contribution < 1.29 is 4.79 Å². The molecular formula is C11H23N3O. The molecule has 2 atom stereocenters. The number of rotatable bonds is 5. The first kappa shape index (κ1) is 12.5. The molecule has 0 aromatic heterocycles. The van der Waals surface area contributed by atoms with Gasteiger partial charge in [-0.25, -0.2) is 0 Å². The number of hydrogen-bond donors (Lipinski definition) is 2. The Morgan fingerprint density at radius 3 is 2.67 bits per heavy atom. The summed E-state index contributed by atoms with van der Waals surface area (Å²) in [5, 5.41) is 3.18. The van der Waals surface area contributed by atoms with Crippen LogP contribution in [0.1, 0.15) is 27.2 Å². The van der Waals surface area contributed by atoms with Crippen LogP contribution in [-0.2, 0) is 4.79 Å². The quantitative estimate of drug-likeness (QED) is 0.685. The van der Waals surface area contributed by atoms with E-state index in [1.165, 1.54) is 13.0 Å². The van der Waals surface area contributed by atoms with Crippen molar-refractivity contribution in [1.29, 1.82) is 0 Å². The van der Waals surface area contributed by atoms with Gasteiger partial charge in [-0.15, -0.1) is 0 Å². The van der Waals surface area contributed by atoms with Gasteiger partial charge in [-0.1, -0.05) is 0 Å². The van der Waals surface area contributed by atoms with Gasteiger partial charge < -0.3 is 16.0 Å². The van der Waals surface area contributed by atoms with Crippen LogP contribution in [0, 0.1) is 5.92 Å². The van der Waals surface area contributed by atoms with Gasteiger partial charge in [0, 0.05) is 12.6 Å². The summed E-state index contributed by atoms with van der Waals surface area (Å²) >= 11 is 0. The number of primary amides is 1. The molecule has 1 aliphatic heterocycles. The minimum absolute atomic E-state index is 0.210. The van der Waals surface area contributed by atoms with Crippen LogP contribution in [-0.4, -0.2) is 42.5 Å². The summed E-state index contributed by atoms with van der Waals surface area (Å²) in [6, 6.07) is 0.418. The molecule has 0 bridgehead atoms. The maximum absolute atomic E-state index is 10.8.